The number of rotatable bonds is 5. The van der Waals surface area contributed by atoms with Gasteiger partial charge in [0.1, 0.15) is 11.2 Å². The highest BCUT2D eigenvalue weighted by Gasteiger charge is 2.28. The molecule has 0 aliphatic rings. The van der Waals surface area contributed by atoms with Gasteiger partial charge in [-0.25, -0.2) is 4.79 Å². The molecule has 21 heavy (non-hydrogen) atoms. The van der Waals surface area contributed by atoms with E-state index in [1.165, 1.54) is 13.2 Å². The number of hydrogen-bond donors (Lipinski definition) is 1. The van der Waals surface area contributed by atoms with Gasteiger partial charge < -0.3 is 14.6 Å². The van der Waals surface area contributed by atoms with E-state index in [1.54, 1.807) is 18.3 Å². The third-order valence-corrected chi connectivity index (χ3v) is 3.07. The average molecular weight is 287 g/mol. The summed E-state index contributed by atoms with van der Waals surface area (Å²) in [6.45, 7) is 3.65. The highest BCUT2D eigenvalue weighted by molar-refractivity contribution is 5.92. The van der Waals surface area contributed by atoms with Crippen LogP contribution in [0.5, 0.6) is 11.5 Å². The van der Waals surface area contributed by atoms with Gasteiger partial charge in [0.15, 0.2) is 11.5 Å². The summed E-state index contributed by atoms with van der Waals surface area (Å²) in [5.74, 6) is -0.497. The minimum absolute atomic E-state index is 0.0540. The van der Waals surface area contributed by atoms with Crippen LogP contribution in [0.4, 0.5) is 0 Å². The van der Waals surface area contributed by atoms with Gasteiger partial charge in [-0.15, -0.1) is 0 Å². The zero-order valence-corrected chi connectivity index (χ0v) is 12.2. The van der Waals surface area contributed by atoms with Crippen molar-refractivity contribution in [2.75, 3.05) is 7.11 Å². The molecule has 0 aliphatic heterocycles. The first-order valence-corrected chi connectivity index (χ1v) is 6.46. The maximum absolute atomic E-state index is 11.4. The zero-order chi connectivity index (χ0) is 15.5. The van der Waals surface area contributed by atoms with Gasteiger partial charge in [-0.05, 0) is 38.1 Å². The molecule has 2 aromatic rings. The lowest BCUT2D eigenvalue weighted by Crippen LogP contribution is -2.27. The molecule has 0 unspecified atom stereocenters. The number of aromatic nitrogens is 1. The molecular weight excluding hydrogens is 270 g/mol. The lowest BCUT2D eigenvalue weighted by molar-refractivity contribution is 0.0664. The molecule has 5 nitrogen and oxygen atoms in total. The highest BCUT2D eigenvalue weighted by Crippen LogP contribution is 2.36. The Hall–Kier alpha value is -2.56. The Morgan fingerprint density at radius 1 is 1.19 bits per heavy atom. The summed E-state index contributed by atoms with van der Waals surface area (Å²) in [5, 5.41) is 9.30. The number of aromatic carboxylic acids is 1. The number of carboxylic acids is 1. The summed E-state index contributed by atoms with van der Waals surface area (Å²) >= 11 is 0. The topological polar surface area (TPSA) is 68.7 Å². The molecule has 1 heterocycles. The summed E-state index contributed by atoms with van der Waals surface area (Å²) in [5.41, 5.74) is -0.0364. The fourth-order valence-corrected chi connectivity index (χ4v) is 1.98. The van der Waals surface area contributed by atoms with Crippen LogP contribution in [-0.2, 0) is 5.60 Å². The zero-order valence-electron chi connectivity index (χ0n) is 12.2. The Kier molecular flexibility index (Phi) is 4.12. The average Bonchev–Trinajstić information content (AvgIpc) is 2.47. The minimum Gasteiger partial charge on any atom is -0.493 e. The number of ether oxygens (including phenoxy) is 2. The second-order valence-electron chi connectivity index (χ2n) is 4.97. The van der Waals surface area contributed by atoms with Crippen LogP contribution in [0.3, 0.4) is 0 Å². The van der Waals surface area contributed by atoms with Crippen LogP contribution in [-0.4, -0.2) is 23.2 Å². The van der Waals surface area contributed by atoms with E-state index in [0.29, 0.717) is 11.4 Å². The molecule has 0 atom stereocenters. The molecule has 0 amide bonds. The minimum atomic E-state index is -1.07. The summed E-state index contributed by atoms with van der Waals surface area (Å²) in [4.78, 5) is 15.6. The van der Waals surface area contributed by atoms with Gasteiger partial charge in [0.25, 0.3) is 0 Å². The fourth-order valence-electron chi connectivity index (χ4n) is 1.98. The van der Waals surface area contributed by atoms with Gasteiger partial charge in [0.05, 0.1) is 12.8 Å². The number of carbonyl (C=O) groups is 1. The molecule has 0 bridgehead atoms. The first-order valence-electron chi connectivity index (χ1n) is 6.46. The normalized spacial score (nSPS) is 11.0. The van der Waals surface area contributed by atoms with Crippen LogP contribution in [0, 0.1) is 0 Å². The molecule has 2 rings (SSSR count). The Morgan fingerprint density at radius 3 is 2.52 bits per heavy atom. The Morgan fingerprint density at radius 2 is 1.95 bits per heavy atom. The molecule has 0 saturated heterocycles. The van der Waals surface area contributed by atoms with Crippen molar-refractivity contribution in [2.24, 2.45) is 0 Å². The smallest absolute Gasteiger partial charge is 0.339 e. The van der Waals surface area contributed by atoms with E-state index in [1.807, 2.05) is 32.0 Å². The number of methoxy groups -OCH3 is 1. The number of benzene rings is 1. The van der Waals surface area contributed by atoms with E-state index in [9.17, 15) is 9.90 Å². The molecule has 0 spiro atoms. The first kappa shape index (κ1) is 14.8. The lowest BCUT2D eigenvalue weighted by Gasteiger charge is -2.27. The maximum Gasteiger partial charge on any atom is 0.339 e. The molecular formula is C16H17NO4. The van der Waals surface area contributed by atoms with Crippen molar-refractivity contribution in [1.82, 2.24) is 4.98 Å². The molecule has 1 aromatic carbocycles. The molecule has 0 aliphatic carbocycles. The van der Waals surface area contributed by atoms with Gasteiger partial charge in [0, 0.05) is 6.20 Å². The van der Waals surface area contributed by atoms with Crippen molar-refractivity contribution in [2.45, 2.75) is 19.4 Å². The van der Waals surface area contributed by atoms with Crippen LogP contribution in [0.2, 0.25) is 0 Å². The van der Waals surface area contributed by atoms with Crippen molar-refractivity contribution >= 4 is 5.97 Å². The molecule has 0 saturated carbocycles. The molecule has 0 fully saturated rings. The standard InChI is InChI=1S/C16H17NO4/c1-16(2,13-9-4-5-10-17-13)21-14-11(15(18)19)7-6-8-12(14)20-3/h4-10H,1-3H3,(H,18,19). The molecule has 1 aromatic heterocycles. The maximum atomic E-state index is 11.4. The van der Waals surface area contributed by atoms with Crippen molar-refractivity contribution in [1.29, 1.82) is 0 Å². The summed E-state index contributed by atoms with van der Waals surface area (Å²) < 4.78 is 11.1. The molecule has 0 radical (unpaired) electrons. The number of nitrogens with zero attached hydrogens (tertiary/aromatic N) is 1. The summed E-state index contributed by atoms with van der Waals surface area (Å²) in [6.07, 6.45) is 1.67. The van der Waals surface area contributed by atoms with Gasteiger partial charge in [-0.2, -0.15) is 0 Å². The van der Waals surface area contributed by atoms with Crippen LogP contribution in [0.25, 0.3) is 0 Å². The number of pyridine rings is 1. The predicted molar refractivity (Wildman–Crippen MR) is 77.8 cm³/mol. The fraction of sp³-hybridized carbons (Fsp3) is 0.250. The quantitative estimate of drug-likeness (QED) is 0.915. The second kappa shape index (κ2) is 5.83. The number of hydrogen-bond acceptors (Lipinski definition) is 4. The third kappa shape index (κ3) is 3.13. The van der Waals surface area contributed by atoms with E-state index >= 15 is 0 Å². The molecule has 5 heteroatoms. The Labute approximate surface area is 123 Å². The van der Waals surface area contributed by atoms with Gasteiger partial charge in [0.2, 0.25) is 0 Å². The van der Waals surface area contributed by atoms with E-state index in [4.69, 9.17) is 9.47 Å². The summed E-state index contributed by atoms with van der Waals surface area (Å²) in [6, 6.07) is 10.3. The lowest BCUT2D eigenvalue weighted by atomic mass is 10.0. The predicted octanol–water partition coefficient (Wildman–Crippen LogP) is 3.10. The monoisotopic (exact) mass is 287 g/mol. The van der Waals surface area contributed by atoms with E-state index < -0.39 is 11.6 Å². The van der Waals surface area contributed by atoms with Crippen LogP contribution in [0.15, 0.2) is 42.6 Å². The van der Waals surface area contributed by atoms with Crippen LogP contribution in [0.1, 0.15) is 29.9 Å². The van der Waals surface area contributed by atoms with Crippen LogP contribution < -0.4 is 9.47 Å². The Balaban J connectivity index is 2.45. The molecule has 110 valence electrons. The van der Waals surface area contributed by atoms with Crippen molar-refractivity contribution < 1.29 is 19.4 Å². The van der Waals surface area contributed by atoms with Gasteiger partial charge in [-0.1, -0.05) is 12.1 Å². The van der Waals surface area contributed by atoms with E-state index in [-0.39, 0.29) is 11.3 Å². The van der Waals surface area contributed by atoms with Gasteiger partial charge >= 0.3 is 5.97 Å². The van der Waals surface area contributed by atoms with E-state index in [2.05, 4.69) is 4.98 Å². The number of para-hydroxylation sites is 1. The largest absolute Gasteiger partial charge is 0.493 e. The van der Waals surface area contributed by atoms with Crippen molar-refractivity contribution in [3.05, 3.63) is 53.9 Å². The first-order chi connectivity index (χ1) is 9.95. The van der Waals surface area contributed by atoms with Crippen molar-refractivity contribution in [3.8, 4) is 11.5 Å². The second-order valence-corrected chi connectivity index (χ2v) is 4.97. The SMILES string of the molecule is COc1cccc(C(=O)O)c1OC(C)(C)c1ccccn1. The number of carboxylic acid groups (broad SMARTS) is 1. The third-order valence-electron chi connectivity index (χ3n) is 3.07. The van der Waals surface area contributed by atoms with Crippen molar-refractivity contribution in [3.63, 3.8) is 0 Å². The molecule has 1 N–H and O–H groups in total. The summed E-state index contributed by atoms with van der Waals surface area (Å²) in [7, 11) is 1.47. The Bertz CT molecular complexity index is 638. The highest BCUT2D eigenvalue weighted by atomic mass is 16.5. The van der Waals surface area contributed by atoms with Gasteiger partial charge in [-0.3, -0.25) is 4.98 Å². The van der Waals surface area contributed by atoms with E-state index in [0.717, 1.165) is 0 Å². The van der Waals surface area contributed by atoms with Crippen LogP contribution >= 0.6 is 0 Å².